The Hall–Kier alpha value is -2.31. The van der Waals surface area contributed by atoms with Crippen LogP contribution in [0.4, 0.5) is 8.78 Å². The smallest absolute Gasteiger partial charge is 0.229 e. The highest BCUT2D eigenvalue weighted by Gasteiger charge is 2.28. The van der Waals surface area contributed by atoms with E-state index < -0.39 is 11.6 Å². The molecule has 1 saturated heterocycles. The molecule has 25 heavy (non-hydrogen) atoms. The molecule has 1 amide bonds. The lowest BCUT2D eigenvalue weighted by Gasteiger charge is -2.31. The minimum absolute atomic E-state index is 0.00165. The van der Waals surface area contributed by atoms with E-state index in [-0.39, 0.29) is 24.2 Å². The first-order chi connectivity index (χ1) is 11.9. The van der Waals surface area contributed by atoms with E-state index in [0.717, 1.165) is 18.9 Å². The highest BCUT2D eigenvalue weighted by Crippen LogP contribution is 2.27. The van der Waals surface area contributed by atoms with Gasteiger partial charge < -0.3 is 9.42 Å². The SMILES string of the molecule is CC(C)C(=O)N1CCC(c2nc(Cc3cc(F)cc(F)c3)no2)CC1. The summed E-state index contributed by atoms with van der Waals surface area (Å²) in [5.74, 6) is -0.0382. The normalized spacial score (nSPS) is 15.8. The van der Waals surface area contributed by atoms with Crippen molar-refractivity contribution in [2.75, 3.05) is 13.1 Å². The summed E-state index contributed by atoms with van der Waals surface area (Å²) in [4.78, 5) is 18.3. The number of hydrogen-bond donors (Lipinski definition) is 0. The lowest BCUT2D eigenvalue weighted by atomic mass is 9.96. The largest absolute Gasteiger partial charge is 0.342 e. The quantitative estimate of drug-likeness (QED) is 0.850. The first kappa shape index (κ1) is 17.5. The summed E-state index contributed by atoms with van der Waals surface area (Å²) in [6.07, 6.45) is 1.76. The van der Waals surface area contributed by atoms with Gasteiger partial charge in [-0.2, -0.15) is 4.98 Å². The lowest BCUT2D eigenvalue weighted by Crippen LogP contribution is -2.40. The molecular weight excluding hydrogens is 328 g/mol. The van der Waals surface area contributed by atoms with Crippen molar-refractivity contribution in [1.82, 2.24) is 15.0 Å². The number of hydrogen-bond acceptors (Lipinski definition) is 4. The van der Waals surface area contributed by atoms with Crippen molar-refractivity contribution < 1.29 is 18.1 Å². The number of amides is 1. The molecule has 0 bridgehead atoms. The summed E-state index contributed by atoms with van der Waals surface area (Å²) in [7, 11) is 0. The molecule has 1 aromatic carbocycles. The average molecular weight is 349 g/mol. The zero-order chi connectivity index (χ0) is 18.0. The molecular formula is C18H21F2N3O2. The van der Waals surface area contributed by atoms with Crippen LogP contribution in [0.1, 0.15) is 49.9 Å². The van der Waals surface area contributed by atoms with Crippen LogP contribution in [-0.4, -0.2) is 34.0 Å². The second-order valence-electron chi connectivity index (χ2n) is 6.76. The van der Waals surface area contributed by atoms with Gasteiger partial charge >= 0.3 is 0 Å². The van der Waals surface area contributed by atoms with Gasteiger partial charge in [-0.25, -0.2) is 8.78 Å². The zero-order valence-electron chi connectivity index (χ0n) is 14.3. The van der Waals surface area contributed by atoms with Crippen LogP contribution >= 0.6 is 0 Å². The molecule has 0 spiro atoms. The van der Waals surface area contributed by atoms with Crippen molar-refractivity contribution in [2.45, 2.75) is 39.0 Å². The fraction of sp³-hybridized carbons (Fsp3) is 0.500. The van der Waals surface area contributed by atoms with Crippen molar-refractivity contribution in [1.29, 1.82) is 0 Å². The number of carbonyl (C=O) groups excluding carboxylic acids is 1. The van der Waals surface area contributed by atoms with Gasteiger partial charge in [0.2, 0.25) is 11.8 Å². The van der Waals surface area contributed by atoms with E-state index in [4.69, 9.17) is 4.52 Å². The number of aromatic nitrogens is 2. The van der Waals surface area contributed by atoms with Crippen LogP contribution in [0.2, 0.25) is 0 Å². The van der Waals surface area contributed by atoms with Gasteiger partial charge in [0.1, 0.15) is 11.6 Å². The minimum Gasteiger partial charge on any atom is -0.342 e. The molecule has 0 saturated carbocycles. The van der Waals surface area contributed by atoms with Crippen molar-refractivity contribution in [3.05, 3.63) is 47.1 Å². The van der Waals surface area contributed by atoms with E-state index in [1.54, 1.807) is 0 Å². The summed E-state index contributed by atoms with van der Waals surface area (Å²) in [6.45, 7) is 5.14. The van der Waals surface area contributed by atoms with Gasteiger partial charge in [0.25, 0.3) is 0 Å². The molecule has 134 valence electrons. The number of likely N-dealkylation sites (tertiary alicyclic amines) is 1. The Morgan fingerprint density at radius 2 is 1.88 bits per heavy atom. The third-order valence-electron chi connectivity index (χ3n) is 4.42. The lowest BCUT2D eigenvalue weighted by molar-refractivity contribution is -0.135. The van der Waals surface area contributed by atoms with Crippen molar-refractivity contribution in [2.24, 2.45) is 5.92 Å². The maximum atomic E-state index is 13.2. The van der Waals surface area contributed by atoms with Gasteiger partial charge in [-0.05, 0) is 30.5 Å². The molecule has 0 N–H and O–H groups in total. The van der Waals surface area contributed by atoms with E-state index in [0.29, 0.717) is 30.4 Å². The van der Waals surface area contributed by atoms with Gasteiger partial charge in [0.15, 0.2) is 5.82 Å². The van der Waals surface area contributed by atoms with Crippen LogP contribution in [-0.2, 0) is 11.2 Å². The van der Waals surface area contributed by atoms with E-state index in [1.165, 1.54) is 12.1 Å². The maximum Gasteiger partial charge on any atom is 0.229 e. The summed E-state index contributed by atoms with van der Waals surface area (Å²) < 4.78 is 31.8. The molecule has 2 heterocycles. The Morgan fingerprint density at radius 3 is 2.48 bits per heavy atom. The topological polar surface area (TPSA) is 59.2 Å². The predicted octanol–water partition coefficient (Wildman–Crippen LogP) is 3.30. The molecule has 0 atom stereocenters. The Bertz CT molecular complexity index is 732. The van der Waals surface area contributed by atoms with Gasteiger partial charge in [0, 0.05) is 37.4 Å². The molecule has 0 unspecified atom stereocenters. The predicted molar refractivity (Wildman–Crippen MR) is 86.9 cm³/mol. The second kappa shape index (κ2) is 7.29. The van der Waals surface area contributed by atoms with Crippen molar-refractivity contribution in [3.8, 4) is 0 Å². The third kappa shape index (κ3) is 4.21. The number of carbonyl (C=O) groups is 1. The highest BCUT2D eigenvalue weighted by molar-refractivity contribution is 5.78. The van der Waals surface area contributed by atoms with Crippen molar-refractivity contribution in [3.63, 3.8) is 0 Å². The molecule has 5 nitrogen and oxygen atoms in total. The molecule has 3 rings (SSSR count). The number of nitrogens with zero attached hydrogens (tertiary/aromatic N) is 3. The fourth-order valence-corrected chi connectivity index (χ4v) is 3.11. The molecule has 7 heteroatoms. The number of rotatable bonds is 4. The standard InChI is InChI=1S/C18H21F2N3O2/c1-11(2)18(24)23-5-3-13(4-6-23)17-21-16(22-25-17)9-12-7-14(19)10-15(20)8-12/h7-8,10-11,13H,3-6,9H2,1-2H3. The van der Waals surface area contributed by atoms with Crippen molar-refractivity contribution >= 4 is 5.91 Å². The fourth-order valence-electron chi connectivity index (χ4n) is 3.11. The Labute approximate surface area is 145 Å². The molecule has 1 fully saturated rings. The molecule has 2 aromatic rings. The van der Waals surface area contributed by atoms with Gasteiger partial charge in [-0.1, -0.05) is 19.0 Å². The highest BCUT2D eigenvalue weighted by atomic mass is 19.1. The second-order valence-corrected chi connectivity index (χ2v) is 6.76. The molecule has 0 radical (unpaired) electrons. The van der Waals surface area contributed by atoms with E-state index >= 15 is 0 Å². The van der Waals surface area contributed by atoms with Gasteiger partial charge in [-0.15, -0.1) is 0 Å². The number of piperidine rings is 1. The van der Waals surface area contributed by atoms with Crippen LogP contribution in [0.5, 0.6) is 0 Å². The first-order valence-corrected chi connectivity index (χ1v) is 8.48. The Balaban J connectivity index is 1.61. The summed E-state index contributed by atoms with van der Waals surface area (Å²) >= 11 is 0. The van der Waals surface area contributed by atoms with Crippen LogP contribution < -0.4 is 0 Å². The molecule has 1 aromatic heterocycles. The van der Waals surface area contributed by atoms with E-state index in [2.05, 4.69) is 10.1 Å². The van der Waals surface area contributed by atoms with Gasteiger partial charge in [-0.3, -0.25) is 4.79 Å². The van der Waals surface area contributed by atoms with E-state index in [9.17, 15) is 13.6 Å². The monoisotopic (exact) mass is 349 g/mol. The Kier molecular flexibility index (Phi) is 5.11. The number of halogens is 2. The van der Waals surface area contributed by atoms with Crippen LogP contribution in [0.25, 0.3) is 0 Å². The minimum atomic E-state index is -0.624. The van der Waals surface area contributed by atoms with Crippen LogP contribution in [0.3, 0.4) is 0 Å². The Morgan fingerprint density at radius 1 is 1.24 bits per heavy atom. The number of benzene rings is 1. The molecule has 1 aliphatic heterocycles. The third-order valence-corrected chi connectivity index (χ3v) is 4.42. The van der Waals surface area contributed by atoms with Crippen LogP contribution in [0.15, 0.2) is 22.7 Å². The summed E-state index contributed by atoms with van der Waals surface area (Å²) in [5.41, 5.74) is 0.460. The maximum absolute atomic E-state index is 13.2. The average Bonchev–Trinajstić information content (AvgIpc) is 3.01. The molecule has 1 aliphatic rings. The first-order valence-electron chi connectivity index (χ1n) is 8.48. The van der Waals surface area contributed by atoms with Crippen LogP contribution in [0, 0.1) is 17.6 Å². The summed E-state index contributed by atoms with van der Waals surface area (Å²) in [5, 5.41) is 3.92. The molecule has 0 aliphatic carbocycles. The van der Waals surface area contributed by atoms with Gasteiger partial charge in [0.05, 0.1) is 0 Å². The zero-order valence-corrected chi connectivity index (χ0v) is 14.3. The van der Waals surface area contributed by atoms with E-state index in [1.807, 2.05) is 18.7 Å². The summed E-state index contributed by atoms with van der Waals surface area (Å²) in [6, 6.07) is 3.35.